The normalized spacial score (nSPS) is 18.9. The molecule has 2 amide bonds. The topological polar surface area (TPSA) is 81.1 Å². The third kappa shape index (κ3) is 5.91. The zero-order valence-electron chi connectivity index (χ0n) is 13.1. The fourth-order valence-electron chi connectivity index (χ4n) is 2.80. The van der Waals surface area contributed by atoms with E-state index in [0.717, 1.165) is 19.4 Å². The molecule has 1 fully saturated rings. The van der Waals surface area contributed by atoms with Gasteiger partial charge in [0.2, 0.25) is 0 Å². The maximum atomic E-state index is 12.6. The number of hydrogen-bond acceptors (Lipinski definition) is 3. The van der Waals surface area contributed by atoms with Gasteiger partial charge in [-0.25, -0.2) is 4.79 Å². The number of likely N-dealkylation sites (tertiary alicyclic amines) is 1. The Hall–Kier alpha value is -1.30. The van der Waals surface area contributed by atoms with Crippen LogP contribution in [0.15, 0.2) is 0 Å². The van der Waals surface area contributed by atoms with Gasteiger partial charge >= 0.3 is 12.0 Å². The second-order valence-electron chi connectivity index (χ2n) is 6.03. The fourth-order valence-corrected chi connectivity index (χ4v) is 2.80. The van der Waals surface area contributed by atoms with Crippen LogP contribution >= 0.6 is 0 Å². The Labute approximate surface area is 126 Å². The summed E-state index contributed by atoms with van der Waals surface area (Å²) in [7, 11) is 0. The number of carboxylic acids is 1. The van der Waals surface area contributed by atoms with Gasteiger partial charge < -0.3 is 20.0 Å². The Morgan fingerprint density at radius 2 is 2.10 bits per heavy atom. The maximum Gasteiger partial charge on any atom is 0.320 e. The highest BCUT2D eigenvalue weighted by molar-refractivity contribution is 5.75. The summed E-state index contributed by atoms with van der Waals surface area (Å²) < 4.78 is 0. The van der Waals surface area contributed by atoms with Gasteiger partial charge in [0.15, 0.2) is 0 Å². The van der Waals surface area contributed by atoms with Crippen molar-refractivity contribution in [1.82, 2.24) is 9.80 Å². The molecule has 1 rings (SSSR count). The Balaban J connectivity index is 2.56. The van der Waals surface area contributed by atoms with E-state index in [2.05, 4.69) is 0 Å². The number of urea groups is 1. The largest absolute Gasteiger partial charge is 0.481 e. The number of carbonyl (C=O) groups excluding carboxylic acids is 1. The van der Waals surface area contributed by atoms with Gasteiger partial charge in [0.1, 0.15) is 0 Å². The summed E-state index contributed by atoms with van der Waals surface area (Å²) in [6.45, 7) is 5.97. The van der Waals surface area contributed by atoms with Gasteiger partial charge in [-0.1, -0.05) is 0 Å². The van der Waals surface area contributed by atoms with Crippen LogP contribution in [0.2, 0.25) is 0 Å². The van der Waals surface area contributed by atoms with Crippen LogP contribution in [0.4, 0.5) is 4.79 Å². The van der Waals surface area contributed by atoms with E-state index in [-0.39, 0.29) is 31.0 Å². The molecule has 0 aromatic carbocycles. The summed E-state index contributed by atoms with van der Waals surface area (Å²) in [6, 6.07) is 0.113. The highest BCUT2D eigenvalue weighted by atomic mass is 16.4. The van der Waals surface area contributed by atoms with E-state index < -0.39 is 5.97 Å². The average Bonchev–Trinajstić information content (AvgIpc) is 2.45. The van der Waals surface area contributed by atoms with Crippen LogP contribution in [0.25, 0.3) is 0 Å². The quantitative estimate of drug-likeness (QED) is 0.751. The molecular weight excluding hydrogens is 272 g/mol. The molecule has 6 heteroatoms. The fraction of sp³-hybridized carbons (Fsp3) is 0.867. The number of aliphatic hydroxyl groups excluding tert-OH is 1. The van der Waals surface area contributed by atoms with Gasteiger partial charge in [0, 0.05) is 38.7 Å². The molecule has 0 saturated carbocycles. The lowest BCUT2D eigenvalue weighted by atomic mass is 9.93. The smallest absolute Gasteiger partial charge is 0.320 e. The van der Waals surface area contributed by atoms with Gasteiger partial charge in [0.25, 0.3) is 0 Å². The third-order valence-electron chi connectivity index (χ3n) is 3.98. The van der Waals surface area contributed by atoms with Crippen LogP contribution in [0.1, 0.15) is 46.0 Å². The Morgan fingerprint density at radius 1 is 1.38 bits per heavy atom. The van der Waals surface area contributed by atoms with E-state index in [0.29, 0.717) is 25.9 Å². The summed E-state index contributed by atoms with van der Waals surface area (Å²) in [5.74, 6) is -0.490. The van der Waals surface area contributed by atoms with Crippen LogP contribution in [0.3, 0.4) is 0 Å². The first-order valence-electron chi connectivity index (χ1n) is 7.84. The van der Waals surface area contributed by atoms with Gasteiger partial charge in [-0.15, -0.1) is 0 Å². The van der Waals surface area contributed by atoms with Crippen molar-refractivity contribution in [3.63, 3.8) is 0 Å². The molecule has 0 aliphatic carbocycles. The van der Waals surface area contributed by atoms with Crippen molar-refractivity contribution in [1.29, 1.82) is 0 Å². The highest BCUT2D eigenvalue weighted by Crippen LogP contribution is 2.22. The Kier molecular flexibility index (Phi) is 7.50. The van der Waals surface area contributed by atoms with E-state index in [1.165, 1.54) is 0 Å². The molecule has 0 spiro atoms. The number of piperidine rings is 1. The molecule has 1 saturated heterocycles. The summed E-state index contributed by atoms with van der Waals surface area (Å²) in [4.78, 5) is 26.9. The maximum absolute atomic E-state index is 12.6. The first-order valence-corrected chi connectivity index (χ1v) is 7.84. The molecule has 1 aliphatic heterocycles. The Morgan fingerprint density at radius 3 is 2.67 bits per heavy atom. The number of aliphatic hydroxyl groups is 1. The predicted molar refractivity (Wildman–Crippen MR) is 80.1 cm³/mol. The van der Waals surface area contributed by atoms with E-state index in [1.807, 2.05) is 18.7 Å². The number of carbonyl (C=O) groups is 2. The third-order valence-corrected chi connectivity index (χ3v) is 3.98. The van der Waals surface area contributed by atoms with Crippen LogP contribution in [0.5, 0.6) is 0 Å². The van der Waals surface area contributed by atoms with Crippen molar-refractivity contribution in [2.45, 2.75) is 52.0 Å². The SMILES string of the molecule is CC(C)N(CCCO)C(=O)N1CCCC(CCC(=O)O)C1. The molecule has 0 radical (unpaired) electrons. The number of amides is 2. The van der Waals surface area contributed by atoms with Gasteiger partial charge in [-0.05, 0) is 45.4 Å². The lowest BCUT2D eigenvalue weighted by Crippen LogP contribution is -2.50. The summed E-state index contributed by atoms with van der Waals surface area (Å²) in [6.07, 6.45) is 3.32. The molecular formula is C15H28N2O4. The van der Waals surface area contributed by atoms with Crippen LogP contribution in [0, 0.1) is 5.92 Å². The lowest BCUT2D eigenvalue weighted by Gasteiger charge is -2.38. The molecule has 0 aromatic rings. The molecule has 1 unspecified atom stereocenters. The zero-order chi connectivity index (χ0) is 15.8. The molecule has 6 nitrogen and oxygen atoms in total. The van der Waals surface area contributed by atoms with Crippen molar-refractivity contribution in [3.8, 4) is 0 Å². The number of carboxylic acid groups (broad SMARTS) is 1. The zero-order valence-corrected chi connectivity index (χ0v) is 13.1. The second kappa shape index (κ2) is 8.87. The molecule has 0 aromatic heterocycles. The Bertz CT molecular complexity index is 347. The van der Waals surface area contributed by atoms with E-state index in [4.69, 9.17) is 10.2 Å². The summed E-state index contributed by atoms with van der Waals surface area (Å²) >= 11 is 0. The van der Waals surface area contributed by atoms with E-state index in [1.54, 1.807) is 4.90 Å². The molecule has 1 atom stereocenters. The number of nitrogens with zero attached hydrogens (tertiary/aromatic N) is 2. The summed E-state index contributed by atoms with van der Waals surface area (Å²) in [5.41, 5.74) is 0. The molecule has 1 aliphatic rings. The molecule has 0 bridgehead atoms. The monoisotopic (exact) mass is 300 g/mol. The molecule has 122 valence electrons. The molecule has 2 N–H and O–H groups in total. The second-order valence-corrected chi connectivity index (χ2v) is 6.03. The van der Waals surface area contributed by atoms with Gasteiger partial charge in [-0.2, -0.15) is 0 Å². The lowest BCUT2D eigenvalue weighted by molar-refractivity contribution is -0.137. The standard InChI is InChI=1S/C15H28N2O4/c1-12(2)17(9-4-10-18)15(21)16-8-3-5-13(11-16)6-7-14(19)20/h12-13,18H,3-11H2,1-2H3,(H,19,20). The van der Waals surface area contributed by atoms with Crippen LogP contribution in [-0.2, 0) is 4.79 Å². The van der Waals surface area contributed by atoms with E-state index in [9.17, 15) is 9.59 Å². The van der Waals surface area contributed by atoms with Crippen molar-refractivity contribution in [2.75, 3.05) is 26.2 Å². The first kappa shape index (κ1) is 17.8. The van der Waals surface area contributed by atoms with Crippen molar-refractivity contribution in [2.24, 2.45) is 5.92 Å². The minimum atomic E-state index is -0.773. The summed E-state index contributed by atoms with van der Waals surface area (Å²) in [5, 5.41) is 17.7. The highest BCUT2D eigenvalue weighted by Gasteiger charge is 2.28. The van der Waals surface area contributed by atoms with Crippen LogP contribution in [-0.4, -0.2) is 64.3 Å². The molecule has 21 heavy (non-hydrogen) atoms. The number of hydrogen-bond donors (Lipinski definition) is 2. The number of aliphatic carboxylic acids is 1. The number of rotatable bonds is 7. The van der Waals surface area contributed by atoms with Gasteiger partial charge in [0.05, 0.1) is 0 Å². The predicted octanol–water partition coefficient (Wildman–Crippen LogP) is 1.78. The van der Waals surface area contributed by atoms with Crippen molar-refractivity contribution >= 4 is 12.0 Å². The van der Waals surface area contributed by atoms with Crippen molar-refractivity contribution in [3.05, 3.63) is 0 Å². The minimum Gasteiger partial charge on any atom is -0.481 e. The van der Waals surface area contributed by atoms with Crippen molar-refractivity contribution < 1.29 is 19.8 Å². The van der Waals surface area contributed by atoms with Crippen LogP contribution < -0.4 is 0 Å². The van der Waals surface area contributed by atoms with Gasteiger partial charge in [-0.3, -0.25) is 4.79 Å². The minimum absolute atomic E-state index is 0.0125. The van der Waals surface area contributed by atoms with E-state index >= 15 is 0 Å². The average molecular weight is 300 g/mol. The first-order chi connectivity index (χ1) is 9.95. The molecule has 1 heterocycles.